The van der Waals surface area contributed by atoms with Crippen molar-refractivity contribution in [3.05, 3.63) is 71.5 Å². The van der Waals surface area contributed by atoms with Gasteiger partial charge in [-0.2, -0.15) is 0 Å². The first-order valence-electron chi connectivity index (χ1n) is 10.8. The lowest BCUT2D eigenvalue weighted by Gasteiger charge is -2.43. The Labute approximate surface area is 187 Å². The highest BCUT2D eigenvalue weighted by Gasteiger charge is 2.40. The first-order valence-corrected chi connectivity index (χ1v) is 10.8. The Morgan fingerprint density at radius 3 is 2.47 bits per heavy atom. The van der Waals surface area contributed by atoms with E-state index in [4.69, 9.17) is 9.47 Å². The van der Waals surface area contributed by atoms with Crippen molar-refractivity contribution in [2.75, 3.05) is 31.7 Å². The number of nitrogens with zero attached hydrogens (tertiary/aromatic N) is 1. The van der Waals surface area contributed by atoms with Crippen molar-refractivity contribution in [3.8, 4) is 0 Å². The number of ether oxygens (including phenoxy) is 2. The standard InChI is InChI=1S/C24H30N2O6/c27-14-20-23(29)24(30)21(28)13-26(20)12-17-3-1-2-16(10-17)11-25-19-6-4-18(5-7-19)22-15-31-8-9-32-22/h1-7,10,15,20-21,23-25,27-30H,8-9,11-14H2. The molecule has 0 saturated carbocycles. The lowest BCUT2D eigenvalue weighted by atomic mass is 9.93. The predicted octanol–water partition coefficient (Wildman–Crippen LogP) is 0.903. The second kappa shape index (κ2) is 10.3. The summed E-state index contributed by atoms with van der Waals surface area (Å²) in [6.45, 7) is 2.09. The second-order valence-corrected chi connectivity index (χ2v) is 8.18. The van der Waals surface area contributed by atoms with Gasteiger partial charge < -0.3 is 35.2 Å². The SMILES string of the molecule is OCC1C(O)C(O)C(O)CN1Cc1cccc(CNc2ccc(C3=COCCO3)cc2)c1. The molecule has 172 valence electrons. The van der Waals surface area contributed by atoms with Crippen LogP contribution in [0.3, 0.4) is 0 Å². The van der Waals surface area contributed by atoms with Crippen molar-refractivity contribution in [3.63, 3.8) is 0 Å². The molecule has 4 atom stereocenters. The minimum atomic E-state index is -1.25. The molecule has 8 heteroatoms. The van der Waals surface area contributed by atoms with Gasteiger partial charge >= 0.3 is 0 Å². The van der Waals surface area contributed by atoms with Crippen LogP contribution in [-0.2, 0) is 22.6 Å². The van der Waals surface area contributed by atoms with E-state index in [2.05, 4.69) is 11.4 Å². The number of β-amino-alcohol motifs (C(OH)–C–C–N with tert-alkyl or cyclic N) is 1. The third-order valence-corrected chi connectivity index (χ3v) is 5.91. The van der Waals surface area contributed by atoms with E-state index in [9.17, 15) is 20.4 Å². The molecule has 1 fully saturated rings. The smallest absolute Gasteiger partial charge is 0.161 e. The summed E-state index contributed by atoms with van der Waals surface area (Å²) in [5.74, 6) is 0.733. The largest absolute Gasteiger partial charge is 0.494 e. The average Bonchev–Trinajstić information content (AvgIpc) is 2.83. The number of rotatable bonds is 7. The Bertz CT molecular complexity index is 919. The highest BCUT2D eigenvalue weighted by atomic mass is 16.6. The fourth-order valence-corrected chi connectivity index (χ4v) is 4.11. The van der Waals surface area contributed by atoms with Gasteiger partial charge in [0, 0.05) is 30.9 Å². The molecule has 2 aromatic carbocycles. The quantitative estimate of drug-likeness (QED) is 0.430. The molecule has 0 aromatic heterocycles. The Morgan fingerprint density at radius 1 is 0.969 bits per heavy atom. The molecule has 32 heavy (non-hydrogen) atoms. The maximum absolute atomic E-state index is 10.2. The van der Waals surface area contributed by atoms with Crippen molar-refractivity contribution in [2.24, 2.45) is 0 Å². The zero-order valence-electron chi connectivity index (χ0n) is 17.8. The van der Waals surface area contributed by atoms with Crippen LogP contribution >= 0.6 is 0 Å². The van der Waals surface area contributed by atoms with Crippen LogP contribution in [-0.4, -0.2) is 76.0 Å². The number of anilines is 1. The third-order valence-electron chi connectivity index (χ3n) is 5.91. The number of likely N-dealkylation sites (tertiary alicyclic amines) is 1. The highest BCUT2D eigenvalue weighted by molar-refractivity contribution is 5.62. The fourth-order valence-electron chi connectivity index (χ4n) is 4.11. The Hall–Kier alpha value is -2.62. The molecular weight excluding hydrogens is 412 g/mol. The number of piperidine rings is 1. The molecular formula is C24H30N2O6. The van der Waals surface area contributed by atoms with Gasteiger partial charge in [-0.05, 0) is 35.4 Å². The summed E-state index contributed by atoms with van der Waals surface area (Å²) in [6, 6.07) is 15.3. The van der Waals surface area contributed by atoms with Crippen LogP contribution in [0.2, 0.25) is 0 Å². The zero-order valence-corrected chi connectivity index (χ0v) is 17.8. The minimum Gasteiger partial charge on any atom is -0.494 e. The third kappa shape index (κ3) is 5.23. The van der Waals surface area contributed by atoms with Crippen LogP contribution in [0, 0.1) is 0 Å². The molecule has 4 rings (SSSR count). The van der Waals surface area contributed by atoms with Crippen molar-refractivity contribution in [1.29, 1.82) is 0 Å². The van der Waals surface area contributed by atoms with E-state index < -0.39 is 24.4 Å². The van der Waals surface area contributed by atoms with Gasteiger partial charge in [0.2, 0.25) is 0 Å². The van der Waals surface area contributed by atoms with Gasteiger partial charge in [0.15, 0.2) is 5.76 Å². The maximum Gasteiger partial charge on any atom is 0.161 e. The van der Waals surface area contributed by atoms with E-state index >= 15 is 0 Å². The van der Waals surface area contributed by atoms with Crippen LogP contribution in [0.25, 0.3) is 5.76 Å². The Balaban J connectivity index is 1.36. The monoisotopic (exact) mass is 442 g/mol. The highest BCUT2D eigenvalue weighted by Crippen LogP contribution is 2.23. The minimum absolute atomic E-state index is 0.184. The van der Waals surface area contributed by atoms with Crippen LogP contribution in [0.4, 0.5) is 5.69 Å². The first-order chi connectivity index (χ1) is 15.5. The molecule has 0 amide bonds. The van der Waals surface area contributed by atoms with Gasteiger partial charge in [-0.15, -0.1) is 0 Å². The van der Waals surface area contributed by atoms with Crippen LogP contribution < -0.4 is 5.32 Å². The topological polar surface area (TPSA) is 115 Å². The number of benzene rings is 2. The van der Waals surface area contributed by atoms with Gasteiger partial charge in [-0.1, -0.05) is 24.3 Å². The molecule has 2 aliphatic heterocycles. The summed E-state index contributed by atoms with van der Waals surface area (Å²) in [7, 11) is 0. The summed E-state index contributed by atoms with van der Waals surface area (Å²) in [5.41, 5.74) is 4.02. The van der Waals surface area contributed by atoms with Gasteiger partial charge in [0.05, 0.1) is 18.8 Å². The summed E-state index contributed by atoms with van der Waals surface area (Å²) >= 11 is 0. The molecule has 0 aliphatic carbocycles. The summed E-state index contributed by atoms with van der Waals surface area (Å²) < 4.78 is 10.9. The number of aliphatic hydroxyl groups is 4. The van der Waals surface area contributed by atoms with Gasteiger partial charge in [0.1, 0.15) is 31.7 Å². The molecule has 5 N–H and O–H groups in total. The molecule has 2 heterocycles. The van der Waals surface area contributed by atoms with Gasteiger partial charge in [0.25, 0.3) is 0 Å². The van der Waals surface area contributed by atoms with Gasteiger partial charge in [-0.25, -0.2) is 0 Å². The summed E-state index contributed by atoms with van der Waals surface area (Å²) in [6.07, 6.45) is -1.86. The van der Waals surface area contributed by atoms with E-state index in [0.29, 0.717) is 26.3 Å². The van der Waals surface area contributed by atoms with E-state index in [1.807, 2.05) is 42.5 Å². The molecule has 2 aliphatic rings. The normalized spacial score (nSPS) is 26.1. The number of nitrogens with one attached hydrogen (secondary N) is 1. The van der Waals surface area contributed by atoms with E-state index in [1.54, 1.807) is 11.2 Å². The Kier molecular flexibility index (Phi) is 7.29. The molecule has 2 aromatic rings. The van der Waals surface area contributed by atoms with Crippen molar-refractivity contribution in [2.45, 2.75) is 37.4 Å². The lowest BCUT2D eigenvalue weighted by molar-refractivity contribution is -0.147. The van der Waals surface area contributed by atoms with Crippen LogP contribution in [0.5, 0.6) is 0 Å². The fraction of sp³-hybridized carbons (Fsp3) is 0.417. The summed E-state index contributed by atoms with van der Waals surface area (Å²) in [5, 5.41) is 43.1. The number of hydrogen-bond acceptors (Lipinski definition) is 8. The predicted molar refractivity (Wildman–Crippen MR) is 119 cm³/mol. The Morgan fingerprint density at radius 2 is 1.75 bits per heavy atom. The lowest BCUT2D eigenvalue weighted by Crippen LogP contribution is -2.62. The number of hydrogen-bond donors (Lipinski definition) is 5. The molecule has 0 bridgehead atoms. The van der Waals surface area contributed by atoms with Crippen LogP contribution in [0.15, 0.2) is 54.8 Å². The maximum atomic E-state index is 10.2. The van der Waals surface area contributed by atoms with E-state index in [0.717, 1.165) is 28.1 Å². The van der Waals surface area contributed by atoms with Crippen molar-refractivity contribution >= 4 is 11.4 Å². The van der Waals surface area contributed by atoms with Gasteiger partial charge in [-0.3, -0.25) is 4.90 Å². The van der Waals surface area contributed by atoms with Crippen molar-refractivity contribution in [1.82, 2.24) is 4.90 Å². The molecule has 0 spiro atoms. The average molecular weight is 443 g/mol. The van der Waals surface area contributed by atoms with Crippen molar-refractivity contribution < 1.29 is 29.9 Å². The number of aliphatic hydroxyl groups excluding tert-OH is 4. The molecule has 1 saturated heterocycles. The van der Waals surface area contributed by atoms with E-state index in [-0.39, 0.29) is 13.2 Å². The van der Waals surface area contributed by atoms with Crippen LogP contribution in [0.1, 0.15) is 16.7 Å². The molecule has 4 unspecified atom stereocenters. The second-order valence-electron chi connectivity index (χ2n) is 8.18. The molecule has 0 radical (unpaired) electrons. The summed E-state index contributed by atoms with van der Waals surface area (Å²) in [4.78, 5) is 1.80. The first kappa shape index (κ1) is 22.6. The van der Waals surface area contributed by atoms with E-state index in [1.165, 1.54) is 0 Å². The zero-order chi connectivity index (χ0) is 22.5. The molecule has 8 nitrogen and oxygen atoms in total.